The maximum Gasteiger partial charge on any atom is 0.229 e. The molecule has 2 N–H and O–H groups in total. The molecule has 1 aliphatic heterocycles. The molecule has 0 fully saturated rings. The van der Waals surface area contributed by atoms with E-state index in [0.717, 1.165) is 37.2 Å². The summed E-state index contributed by atoms with van der Waals surface area (Å²) < 4.78 is 13.0. The van der Waals surface area contributed by atoms with Gasteiger partial charge in [-0.25, -0.2) is 4.39 Å². The Bertz CT molecular complexity index is 1050. The quantitative estimate of drug-likeness (QED) is 0.684. The average Bonchev–Trinajstić information content (AvgIpc) is 3.06. The molecule has 1 amide bonds. The van der Waals surface area contributed by atoms with E-state index >= 15 is 0 Å². The van der Waals surface area contributed by atoms with Crippen molar-refractivity contribution in [2.45, 2.75) is 25.9 Å². The Balaban J connectivity index is 1.46. The summed E-state index contributed by atoms with van der Waals surface area (Å²) in [6.07, 6.45) is 0.990. The molecular weight excluding hydrogens is 385 g/mol. The molecule has 29 heavy (non-hydrogen) atoms. The highest BCUT2D eigenvalue weighted by Crippen LogP contribution is 2.34. The second kappa shape index (κ2) is 8.56. The summed E-state index contributed by atoms with van der Waals surface area (Å²) in [7, 11) is 0. The van der Waals surface area contributed by atoms with E-state index in [1.165, 1.54) is 38.8 Å². The zero-order valence-corrected chi connectivity index (χ0v) is 16.7. The van der Waals surface area contributed by atoms with Crippen LogP contribution in [0.4, 0.5) is 9.39 Å². The van der Waals surface area contributed by atoms with Crippen molar-refractivity contribution in [3.8, 4) is 6.07 Å². The fourth-order valence-corrected chi connectivity index (χ4v) is 5.02. The third-order valence-corrected chi connectivity index (χ3v) is 6.32. The first-order valence-electron chi connectivity index (χ1n) is 9.59. The van der Waals surface area contributed by atoms with Crippen LogP contribution in [0.3, 0.4) is 0 Å². The number of thiophene rings is 1. The lowest BCUT2D eigenvalue weighted by atomic mass is 10.0. The van der Waals surface area contributed by atoms with Crippen molar-refractivity contribution < 1.29 is 14.1 Å². The molecule has 1 aromatic heterocycles. The van der Waals surface area contributed by atoms with Crippen molar-refractivity contribution in [2.24, 2.45) is 0 Å². The molecule has 6 heteroatoms. The molecule has 4 rings (SSSR count). The summed E-state index contributed by atoms with van der Waals surface area (Å²) in [6, 6.07) is 18.6. The van der Waals surface area contributed by atoms with Crippen LogP contribution in [0.1, 0.15) is 27.1 Å². The van der Waals surface area contributed by atoms with Crippen molar-refractivity contribution in [1.82, 2.24) is 0 Å². The smallest absolute Gasteiger partial charge is 0.229 e. The van der Waals surface area contributed by atoms with Crippen LogP contribution in [-0.4, -0.2) is 12.5 Å². The molecule has 3 aromatic rings. The first-order valence-corrected chi connectivity index (χ1v) is 10.4. The minimum Gasteiger partial charge on any atom is -0.326 e. The Morgan fingerprint density at radius 1 is 1.14 bits per heavy atom. The van der Waals surface area contributed by atoms with E-state index in [4.69, 9.17) is 0 Å². The summed E-state index contributed by atoms with van der Waals surface area (Å²) in [5.41, 5.74) is 3.71. The molecule has 146 valence electrons. The van der Waals surface area contributed by atoms with Crippen LogP contribution in [-0.2, 0) is 30.7 Å². The SMILES string of the molecule is N#Cc1c(NC(=O)Cc2ccc(F)cc2)sc2c1CC[NH+](Cc1ccccc1)C2. The van der Waals surface area contributed by atoms with Gasteiger partial charge in [0.15, 0.2) is 0 Å². The van der Waals surface area contributed by atoms with E-state index < -0.39 is 0 Å². The van der Waals surface area contributed by atoms with Crippen LogP contribution in [0.2, 0.25) is 0 Å². The number of anilines is 1. The van der Waals surface area contributed by atoms with E-state index in [9.17, 15) is 14.4 Å². The number of carbonyl (C=O) groups excluding carboxylic acids is 1. The Hall–Kier alpha value is -3.01. The van der Waals surface area contributed by atoms with Crippen molar-refractivity contribution in [2.75, 3.05) is 11.9 Å². The van der Waals surface area contributed by atoms with Gasteiger partial charge in [0.25, 0.3) is 0 Å². The summed E-state index contributed by atoms with van der Waals surface area (Å²) in [6.45, 7) is 2.78. The van der Waals surface area contributed by atoms with E-state index in [-0.39, 0.29) is 18.1 Å². The number of quaternary nitrogens is 1. The topological polar surface area (TPSA) is 57.3 Å². The molecule has 0 saturated carbocycles. The molecule has 0 spiro atoms. The zero-order chi connectivity index (χ0) is 20.2. The molecule has 1 aliphatic rings. The third-order valence-electron chi connectivity index (χ3n) is 5.17. The number of nitriles is 1. The van der Waals surface area contributed by atoms with Crippen LogP contribution in [0.5, 0.6) is 0 Å². The molecule has 1 atom stereocenters. The molecule has 2 aromatic carbocycles. The minimum absolute atomic E-state index is 0.152. The van der Waals surface area contributed by atoms with Gasteiger partial charge in [-0.1, -0.05) is 42.5 Å². The van der Waals surface area contributed by atoms with Crippen molar-refractivity contribution in [1.29, 1.82) is 5.26 Å². The largest absolute Gasteiger partial charge is 0.326 e. The number of carbonyl (C=O) groups is 1. The highest BCUT2D eigenvalue weighted by Gasteiger charge is 2.27. The summed E-state index contributed by atoms with van der Waals surface area (Å²) in [4.78, 5) is 15.1. The fourth-order valence-electron chi connectivity index (χ4n) is 3.74. The number of halogens is 1. The molecule has 0 bridgehead atoms. The average molecular weight is 407 g/mol. The number of rotatable bonds is 5. The van der Waals surface area contributed by atoms with Gasteiger partial charge >= 0.3 is 0 Å². The van der Waals surface area contributed by atoms with E-state index in [1.807, 2.05) is 6.07 Å². The first-order chi connectivity index (χ1) is 14.1. The lowest BCUT2D eigenvalue weighted by Gasteiger charge is -2.23. The van der Waals surface area contributed by atoms with Gasteiger partial charge in [-0.05, 0) is 23.3 Å². The number of benzene rings is 2. The second-order valence-electron chi connectivity index (χ2n) is 7.26. The predicted octanol–water partition coefficient (Wildman–Crippen LogP) is 3.08. The Labute approximate surface area is 173 Å². The van der Waals surface area contributed by atoms with Crippen LogP contribution in [0.15, 0.2) is 54.6 Å². The summed E-state index contributed by atoms with van der Waals surface area (Å²) in [5, 5.41) is 13.2. The Morgan fingerprint density at radius 3 is 2.62 bits per heavy atom. The second-order valence-corrected chi connectivity index (χ2v) is 8.37. The first kappa shape index (κ1) is 19.3. The maximum absolute atomic E-state index is 13.0. The predicted molar refractivity (Wildman–Crippen MR) is 111 cm³/mol. The van der Waals surface area contributed by atoms with Crippen LogP contribution >= 0.6 is 11.3 Å². The van der Waals surface area contributed by atoms with Gasteiger partial charge in [-0.15, -0.1) is 11.3 Å². The molecule has 0 saturated heterocycles. The number of hydrogen-bond acceptors (Lipinski definition) is 3. The molecule has 1 unspecified atom stereocenters. The van der Waals surface area contributed by atoms with Gasteiger partial charge in [0.1, 0.15) is 30.0 Å². The molecule has 0 radical (unpaired) electrons. The lowest BCUT2D eigenvalue weighted by Crippen LogP contribution is -3.10. The third kappa shape index (κ3) is 4.53. The fraction of sp³-hybridized carbons (Fsp3) is 0.217. The van der Waals surface area contributed by atoms with E-state index in [1.54, 1.807) is 12.1 Å². The van der Waals surface area contributed by atoms with Gasteiger partial charge in [-0.3, -0.25) is 4.79 Å². The standard InChI is InChI=1S/C23H20FN3OS/c24-18-8-6-16(7-9-18)12-22(28)26-23-20(13-25)19-10-11-27(15-21(19)29-23)14-17-4-2-1-3-5-17/h1-9H,10-12,14-15H2,(H,26,28)/p+1. The van der Waals surface area contributed by atoms with Crippen LogP contribution in [0.25, 0.3) is 0 Å². The van der Waals surface area contributed by atoms with Crippen molar-refractivity contribution in [3.63, 3.8) is 0 Å². The molecule has 4 nitrogen and oxygen atoms in total. The van der Waals surface area contributed by atoms with Crippen molar-refractivity contribution in [3.05, 3.63) is 87.5 Å². The van der Waals surface area contributed by atoms with Gasteiger partial charge in [0, 0.05) is 12.0 Å². The number of amides is 1. The number of nitrogens with one attached hydrogen (secondary N) is 2. The minimum atomic E-state index is -0.325. The number of fused-ring (bicyclic) bond motifs is 1. The molecular formula is C23H21FN3OS+. The summed E-state index contributed by atoms with van der Waals surface area (Å²) in [5.74, 6) is -0.519. The van der Waals surface area contributed by atoms with Gasteiger partial charge in [-0.2, -0.15) is 5.26 Å². The van der Waals surface area contributed by atoms with Gasteiger partial charge in [0.05, 0.1) is 23.4 Å². The number of nitrogens with zero attached hydrogens (tertiary/aromatic N) is 1. The monoisotopic (exact) mass is 406 g/mol. The maximum atomic E-state index is 13.0. The lowest BCUT2D eigenvalue weighted by molar-refractivity contribution is -0.929. The highest BCUT2D eigenvalue weighted by molar-refractivity contribution is 7.16. The van der Waals surface area contributed by atoms with Gasteiger partial charge in [0.2, 0.25) is 5.91 Å². The normalized spacial score (nSPS) is 15.4. The highest BCUT2D eigenvalue weighted by atomic mass is 32.1. The summed E-state index contributed by atoms with van der Waals surface area (Å²) >= 11 is 1.51. The molecule has 2 heterocycles. The number of hydrogen-bond donors (Lipinski definition) is 2. The van der Waals surface area contributed by atoms with Crippen LogP contribution in [0, 0.1) is 17.1 Å². The Morgan fingerprint density at radius 2 is 1.90 bits per heavy atom. The Kier molecular flexibility index (Phi) is 5.70. The van der Waals surface area contributed by atoms with Crippen LogP contribution < -0.4 is 10.2 Å². The van der Waals surface area contributed by atoms with Crippen molar-refractivity contribution >= 4 is 22.2 Å². The zero-order valence-electron chi connectivity index (χ0n) is 15.9. The van der Waals surface area contributed by atoms with E-state index in [2.05, 4.69) is 35.7 Å². The molecule has 0 aliphatic carbocycles. The van der Waals surface area contributed by atoms with Gasteiger partial charge < -0.3 is 10.2 Å². The van der Waals surface area contributed by atoms with E-state index in [0.29, 0.717) is 10.6 Å².